The molecule has 0 unspecified atom stereocenters. The number of nitrogens with two attached hydrogens (primary N) is 1. The average Bonchev–Trinajstić information content (AvgIpc) is 2.96. The van der Waals surface area contributed by atoms with Gasteiger partial charge < -0.3 is 15.6 Å². The van der Waals surface area contributed by atoms with Gasteiger partial charge in [0.15, 0.2) is 5.82 Å². The largest absolute Gasteiger partial charge is 0.349 e. The van der Waals surface area contributed by atoms with E-state index < -0.39 is 0 Å². The second-order valence-corrected chi connectivity index (χ2v) is 4.87. The molecular weight excluding hydrogens is 230 g/mol. The third-order valence-electron chi connectivity index (χ3n) is 3.65. The Morgan fingerprint density at radius 3 is 3.11 bits per heavy atom. The van der Waals surface area contributed by atoms with E-state index >= 15 is 0 Å². The lowest BCUT2D eigenvalue weighted by Crippen LogP contribution is -2.31. The van der Waals surface area contributed by atoms with Crippen molar-refractivity contribution in [3.05, 3.63) is 12.2 Å². The van der Waals surface area contributed by atoms with E-state index in [1.165, 1.54) is 0 Å². The smallest absolute Gasteiger partial charge is 0.220 e. The highest BCUT2D eigenvalue weighted by Crippen LogP contribution is 2.26. The van der Waals surface area contributed by atoms with E-state index in [1.807, 2.05) is 11.5 Å². The molecule has 1 amide bonds. The first-order chi connectivity index (χ1) is 8.70. The fourth-order valence-corrected chi connectivity index (χ4v) is 2.49. The summed E-state index contributed by atoms with van der Waals surface area (Å²) in [5.74, 6) is 1.19. The van der Waals surface area contributed by atoms with Gasteiger partial charge in [0.25, 0.3) is 0 Å². The van der Waals surface area contributed by atoms with Crippen LogP contribution >= 0.6 is 0 Å². The van der Waals surface area contributed by atoms with Crippen LogP contribution in [0.5, 0.6) is 0 Å². The molecule has 18 heavy (non-hydrogen) atoms. The predicted octanol–water partition coefficient (Wildman–Crippen LogP) is 0.432. The highest BCUT2D eigenvalue weighted by Gasteiger charge is 2.25. The van der Waals surface area contributed by atoms with Gasteiger partial charge in [0.2, 0.25) is 5.91 Å². The minimum absolute atomic E-state index is 0.0583. The number of hydrogen-bond acceptors (Lipinski definition) is 4. The van der Waals surface area contributed by atoms with Crippen LogP contribution in [0.15, 0.2) is 6.33 Å². The lowest BCUT2D eigenvalue weighted by molar-refractivity contribution is -0.122. The lowest BCUT2D eigenvalue weighted by atomic mass is 10.00. The van der Waals surface area contributed by atoms with Crippen LogP contribution in [0.2, 0.25) is 0 Å². The van der Waals surface area contributed by atoms with Crippen molar-refractivity contribution in [2.75, 3.05) is 0 Å². The van der Waals surface area contributed by atoms with Crippen LogP contribution in [0.25, 0.3) is 0 Å². The summed E-state index contributed by atoms with van der Waals surface area (Å²) >= 11 is 0. The van der Waals surface area contributed by atoms with Crippen LogP contribution < -0.4 is 11.1 Å². The number of carbonyl (C=O) groups excluding carboxylic acids is 1. The second kappa shape index (κ2) is 5.95. The summed E-state index contributed by atoms with van der Waals surface area (Å²) in [6.45, 7) is 3.27. The van der Waals surface area contributed by atoms with Gasteiger partial charge in [-0.2, -0.15) is 0 Å². The van der Waals surface area contributed by atoms with Crippen molar-refractivity contribution in [1.82, 2.24) is 20.1 Å². The Balaban J connectivity index is 1.78. The molecule has 2 rings (SSSR count). The van der Waals surface area contributed by atoms with Gasteiger partial charge in [0, 0.05) is 19.0 Å². The fourth-order valence-electron chi connectivity index (χ4n) is 2.49. The summed E-state index contributed by atoms with van der Waals surface area (Å²) in [7, 11) is 0. The molecule has 3 N–H and O–H groups in total. The van der Waals surface area contributed by atoms with Crippen molar-refractivity contribution < 1.29 is 4.79 Å². The summed E-state index contributed by atoms with van der Waals surface area (Å²) in [6.07, 6.45) is 5.46. The molecule has 100 valence electrons. The van der Waals surface area contributed by atoms with Gasteiger partial charge in [-0.3, -0.25) is 4.79 Å². The molecule has 6 nitrogen and oxygen atoms in total. The molecular formula is C12H21N5O. The lowest BCUT2D eigenvalue weighted by Gasteiger charge is -2.14. The molecule has 2 atom stereocenters. The van der Waals surface area contributed by atoms with Crippen LogP contribution in [0.3, 0.4) is 0 Å². The first-order valence-corrected chi connectivity index (χ1v) is 6.59. The molecule has 1 heterocycles. The number of hydrogen-bond donors (Lipinski definition) is 2. The molecule has 1 fully saturated rings. The Morgan fingerprint density at radius 2 is 2.44 bits per heavy atom. The molecule has 1 aliphatic carbocycles. The van der Waals surface area contributed by atoms with E-state index in [1.54, 1.807) is 6.33 Å². The van der Waals surface area contributed by atoms with Crippen molar-refractivity contribution in [3.8, 4) is 0 Å². The Kier molecular flexibility index (Phi) is 4.30. The molecule has 0 radical (unpaired) electrons. The van der Waals surface area contributed by atoms with Crippen LogP contribution in [0.1, 0.15) is 38.4 Å². The van der Waals surface area contributed by atoms with E-state index in [0.717, 1.165) is 31.6 Å². The van der Waals surface area contributed by atoms with Crippen molar-refractivity contribution in [3.63, 3.8) is 0 Å². The molecule has 0 spiro atoms. The van der Waals surface area contributed by atoms with Crippen molar-refractivity contribution in [2.24, 2.45) is 11.7 Å². The molecule has 1 aromatic heterocycles. The first-order valence-electron chi connectivity index (χ1n) is 6.59. The van der Waals surface area contributed by atoms with Gasteiger partial charge in [0.1, 0.15) is 6.33 Å². The van der Waals surface area contributed by atoms with Gasteiger partial charge in [-0.1, -0.05) is 6.42 Å². The average molecular weight is 251 g/mol. The maximum Gasteiger partial charge on any atom is 0.220 e. The first kappa shape index (κ1) is 13.0. The predicted molar refractivity (Wildman–Crippen MR) is 67.5 cm³/mol. The zero-order valence-corrected chi connectivity index (χ0v) is 10.8. The van der Waals surface area contributed by atoms with E-state index in [0.29, 0.717) is 18.9 Å². The normalized spacial score (nSPS) is 23.2. The maximum atomic E-state index is 11.8. The minimum atomic E-state index is 0.0583. The van der Waals surface area contributed by atoms with E-state index in [9.17, 15) is 4.79 Å². The van der Waals surface area contributed by atoms with Gasteiger partial charge in [-0.25, -0.2) is 0 Å². The quantitative estimate of drug-likeness (QED) is 0.794. The Bertz CT molecular complexity index is 403. The summed E-state index contributed by atoms with van der Waals surface area (Å²) in [4.78, 5) is 11.8. The number of aromatic nitrogens is 3. The zero-order valence-electron chi connectivity index (χ0n) is 10.8. The molecule has 1 saturated carbocycles. The van der Waals surface area contributed by atoms with Crippen molar-refractivity contribution >= 4 is 5.91 Å². The molecule has 1 aliphatic rings. The zero-order chi connectivity index (χ0) is 13.0. The Labute approximate surface area is 107 Å². The Morgan fingerprint density at radius 1 is 1.61 bits per heavy atom. The molecule has 0 bridgehead atoms. The summed E-state index contributed by atoms with van der Waals surface area (Å²) in [5, 5.41) is 10.7. The van der Waals surface area contributed by atoms with E-state index in [2.05, 4.69) is 15.5 Å². The van der Waals surface area contributed by atoms with Gasteiger partial charge in [0.05, 0.1) is 6.54 Å². The summed E-state index contributed by atoms with van der Waals surface area (Å²) in [5.41, 5.74) is 5.96. The minimum Gasteiger partial charge on any atom is -0.349 e. The number of nitrogens with zero attached hydrogens (tertiary/aromatic N) is 3. The SMILES string of the molecule is CCn1cnnc1CNC(=O)C[C@@H]1CCC[C@H]1N. The van der Waals surface area contributed by atoms with Crippen molar-refractivity contribution in [1.29, 1.82) is 0 Å². The molecule has 0 aliphatic heterocycles. The van der Waals surface area contributed by atoms with E-state index in [4.69, 9.17) is 5.73 Å². The highest BCUT2D eigenvalue weighted by molar-refractivity contribution is 5.76. The second-order valence-electron chi connectivity index (χ2n) is 4.87. The van der Waals surface area contributed by atoms with Crippen LogP contribution in [-0.4, -0.2) is 26.7 Å². The van der Waals surface area contributed by atoms with E-state index in [-0.39, 0.29) is 11.9 Å². The maximum absolute atomic E-state index is 11.8. The van der Waals surface area contributed by atoms with Gasteiger partial charge in [-0.05, 0) is 25.7 Å². The fraction of sp³-hybridized carbons (Fsp3) is 0.750. The van der Waals surface area contributed by atoms with Gasteiger partial charge >= 0.3 is 0 Å². The number of nitrogens with one attached hydrogen (secondary N) is 1. The number of amides is 1. The van der Waals surface area contributed by atoms with Crippen LogP contribution in [-0.2, 0) is 17.9 Å². The topological polar surface area (TPSA) is 85.8 Å². The number of rotatable bonds is 5. The van der Waals surface area contributed by atoms with Crippen LogP contribution in [0, 0.1) is 5.92 Å². The monoisotopic (exact) mass is 251 g/mol. The summed E-state index contributed by atoms with van der Waals surface area (Å²) in [6, 6.07) is 0.190. The molecule has 6 heteroatoms. The standard InChI is InChI=1S/C12H21N5O/c1-2-17-8-15-16-11(17)7-14-12(18)6-9-4-3-5-10(9)13/h8-10H,2-7,13H2,1H3,(H,14,18)/t9-,10+/m0/s1. The number of carbonyl (C=O) groups is 1. The van der Waals surface area contributed by atoms with Crippen molar-refractivity contribution in [2.45, 2.75) is 51.7 Å². The number of aryl methyl sites for hydroxylation is 1. The highest BCUT2D eigenvalue weighted by atomic mass is 16.1. The van der Waals surface area contributed by atoms with Gasteiger partial charge in [-0.15, -0.1) is 10.2 Å². The summed E-state index contributed by atoms with van der Waals surface area (Å²) < 4.78 is 1.92. The third-order valence-corrected chi connectivity index (χ3v) is 3.65. The third kappa shape index (κ3) is 3.07. The Hall–Kier alpha value is -1.43. The molecule has 1 aromatic rings. The molecule has 0 saturated heterocycles. The molecule has 0 aromatic carbocycles. The van der Waals surface area contributed by atoms with Crippen LogP contribution in [0.4, 0.5) is 0 Å².